The third kappa shape index (κ3) is 4.25. The minimum atomic E-state index is 0.450. The first-order chi connectivity index (χ1) is 9.19. The molecule has 1 aromatic rings. The van der Waals surface area contributed by atoms with Gasteiger partial charge in [-0.3, -0.25) is 4.99 Å². The molecule has 1 atom stereocenters. The van der Waals surface area contributed by atoms with Crippen LogP contribution in [-0.2, 0) is 11.3 Å². The van der Waals surface area contributed by atoms with Gasteiger partial charge in [0.15, 0.2) is 5.17 Å². The Balaban J connectivity index is 2.05. The Morgan fingerprint density at radius 3 is 3.05 bits per heavy atom. The van der Waals surface area contributed by atoms with Crippen molar-refractivity contribution in [3.05, 3.63) is 29.8 Å². The number of nitrogens with zero attached hydrogens (tertiary/aromatic N) is 1. The van der Waals surface area contributed by atoms with E-state index >= 15 is 0 Å². The van der Waals surface area contributed by atoms with Gasteiger partial charge in [0.2, 0.25) is 0 Å². The summed E-state index contributed by atoms with van der Waals surface area (Å²) in [6.45, 7) is 5.12. The SMILES string of the molecule is COCc1cccc(NC2=NC(C(C)C)CCS2)c1. The second kappa shape index (κ2) is 6.96. The highest BCUT2D eigenvalue weighted by atomic mass is 32.2. The molecule has 0 saturated heterocycles. The standard InChI is InChI=1S/C15H22N2OS/c1-11(2)14-7-8-19-15(17-14)16-13-6-4-5-12(9-13)10-18-3/h4-6,9,11,14H,7-8,10H2,1-3H3,(H,16,17). The summed E-state index contributed by atoms with van der Waals surface area (Å²) in [5, 5.41) is 4.46. The lowest BCUT2D eigenvalue weighted by atomic mass is 10.0. The molecule has 1 aliphatic rings. The van der Waals surface area contributed by atoms with Gasteiger partial charge in [-0.15, -0.1) is 0 Å². The molecular formula is C15H22N2OS. The molecule has 4 heteroatoms. The summed E-state index contributed by atoms with van der Waals surface area (Å²) >= 11 is 1.81. The van der Waals surface area contributed by atoms with E-state index in [1.165, 1.54) is 12.0 Å². The molecule has 19 heavy (non-hydrogen) atoms. The highest BCUT2D eigenvalue weighted by Gasteiger charge is 2.18. The first kappa shape index (κ1) is 14.4. The molecule has 1 aliphatic heterocycles. The maximum absolute atomic E-state index is 5.16. The van der Waals surface area contributed by atoms with E-state index in [9.17, 15) is 0 Å². The quantitative estimate of drug-likeness (QED) is 0.910. The monoisotopic (exact) mass is 278 g/mol. The lowest BCUT2D eigenvalue weighted by molar-refractivity contribution is 0.185. The molecular weight excluding hydrogens is 256 g/mol. The summed E-state index contributed by atoms with van der Waals surface area (Å²) in [5.74, 6) is 1.75. The number of hydrogen-bond acceptors (Lipinski definition) is 4. The summed E-state index contributed by atoms with van der Waals surface area (Å²) in [5.41, 5.74) is 2.26. The lowest BCUT2D eigenvalue weighted by Crippen LogP contribution is -2.23. The first-order valence-electron chi connectivity index (χ1n) is 6.74. The lowest BCUT2D eigenvalue weighted by Gasteiger charge is -2.23. The molecule has 2 rings (SSSR count). The van der Waals surface area contributed by atoms with Crippen molar-refractivity contribution >= 4 is 22.6 Å². The van der Waals surface area contributed by atoms with Gasteiger partial charge in [0.1, 0.15) is 0 Å². The Morgan fingerprint density at radius 2 is 2.32 bits per heavy atom. The Hall–Kier alpha value is -1.00. The molecule has 0 aliphatic carbocycles. The number of amidine groups is 1. The molecule has 104 valence electrons. The highest BCUT2D eigenvalue weighted by molar-refractivity contribution is 8.14. The number of rotatable bonds is 4. The van der Waals surface area contributed by atoms with Crippen molar-refractivity contribution in [3.63, 3.8) is 0 Å². The van der Waals surface area contributed by atoms with Crippen LogP contribution in [0.1, 0.15) is 25.8 Å². The van der Waals surface area contributed by atoms with Gasteiger partial charge in [-0.2, -0.15) is 0 Å². The molecule has 0 bridgehead atoms. The van der Waals surface area contributed by atoms with Crippen molar-refractivity contribution in [1.29, 1.82) is 0 Å². The highest BCUT2D eigenvalue weighted by Crippen LogP contribution is 2.24. The van der Waals surface area contributed by atoms with Crippen molar-refractivity contribution in [1.82, 2.24) is 0 Å². The smallest absolute Gasteiger partial charge is 0.161 e. The fraction of sp³-hybridized carbons (Fsp3) is 0.533. The van der Waals surface area contributed by atoms with Gasteiger partial charge in [0.25, 0.3) is 0 Å². The molecule has 0 fully saturated rings. The maximum Gasteiger partial charge on any atom is 0.161 e. The third-order valence-electron chi connectivity index (χ3n) is 3.19. The van der Waals surface area contributed by atoms with Crippen molar-refractivity contribution in [2.24, 2.45) is 10.9 Å². The molecule has 0 spiro atoms. The van der Waals surface area contributed by atoms with E-state index in [-0.39, 0.29) is 0 Å². The molecule has 0 radical (unpaired) electrons. The van der Waals surface area contributed by atoms with Crippen LogP contribution in [0.5, 0.6) is 0 Å². The van der Waals surface area contributed by atoms with Crippen molar-refractivity contribution in [2.75, 3.05) is 18.2 Å². The van der Waals surface area contributed by atoms with Gasteiger partial charge in [-0.05, 0) is 30.0 Å². The van der Waals surface area contributed by atoms with E-state index in [2.05, 4.69) is 37.4 Å². The second-order valence-electron chi connectivity index (χ2n) is 5.14. The van der Waals surface area contributed by atoms with Gasteiger partial charge in [0, 0.05) is 18.6 Å². The topological polar surface area (TPSA) is 33.6 Å². The number of hydrogen-bond donors (Lipinski definition) is 1. The minimum absolute atomic E-state index is 0.450. The molecule has 1 heterocycles. The van der Waals surface area contributed by atoms with Crippen LogP contribution in [0.4, 0.5) is 5.69 Å². The molecule has 1 unspecified atom stereocenters. The summed E-state index contributed by atoms with van der Waals surface area (Å²) in [6.07, 6.45) is 1.18. The second-order valence-corrected chi connectivity index (χ2v) is 6.22. The minimum Gasteiger partial charge on any atom is -0.380 e. The number of aliphatic imine (C=N–C) groups is 1. The fourth-order valence-corrected chi connectivity index (χ4v) is 3.06. The number of ether oxygens (including phenoxy) is 1. The van der Waals surface area contributed by atoms with Crippen molar-refractivity contribution in [2.45, 2.75) is 32.9 Å². The van der Waals surface area contributed by atoms with E-state index < -0.39 is 0 Å². The van der Waals surface area contributed by atoms with Crippen LogP contribution >= 0.6 is 11.8 Å². The molecule has 1 N–H and O–H groups in total. The van der Waals surface area contributed by atoms with Crippen LogP contribution in [0, 0.1) is 5.92 Å². The zero-order valence-electron chi connectivity index (χ0n) is 11.8. The molecule has 0 amide bonds. The normalized spacial score (nSPS) is 19.4. The fourth-order valence-electron chi connectivity index (χ4n) is 2.11. The van der Waals surface area contributed by atoms with Gasteiger partial charge >= 0.3 is 0 Å². The van der Waals surface area contributed by atoms with Crippen LogP contribution in [0.3, 0.4) is 0 Å². The maximum atomic E-state index is 5.16. The van der Waals surface area contributed by atoms with Crippen LogP contribution in [-0.4, -0.2) is 24.1 Å². The van der Waals surface area contributed by atoms with Crippen LogP contribution in [0.25, 0.3) is 0 Å². The summed E-state index contributed by atoms with van der Waals surface area (Å²) in [6, 6.07) is 8.75. The van der Waals surface area contributed by atoms with E-state index in [4.69, 9.17) is 9.73 Å². The Labute approximate surface area is 119 Å². The first-order valence-corrected chi connectivity index (χ1v) is 7.73. The summed E-state index contributed by atoms with van der Waals surface area (Å²) in [7, 11) is 1.72. The van der Waals surface area contributed by atoms with E-state index in [1.807, 2.05) is 6.07 Å². The number of anilines is 1. The van der Waals surface area contributed by atoms with Crippen molar-refractivity contribution < 1.29 is 4.74 Å². The summed E-state index contributed by atoms with van der Waals surface area (Å²) < 4.78 is 5.16. The molecule has 1 aromatic carbocycles. The number of methoxy groups -OCH3 is 1. The van der Waals surface area contributed by atoms with Gasteiger partial charge in [-0.25, -0.2) is 0 Å². The zero-order valence-corrected chi connectivity index (χ0v) is 12.7. The van der Waals surface area contributed by atoms with E-state index in [1.54, 1.807) is 18.9 Å². The average molecular weight is 278 g/mol. The van der Waals surface area contributed by atoms with Gasteiger partial charge < -0.3 is 10.1 Å². The Kier molecular flexibility index (Phi) is 5.28. The number of benzene rings is 1. The zero-order chi connectivity index (χ0) is 13.7. The summed E-state index contributed by atoms with van der Waals surface area (Å²) in [4.78, 5) is 4.79. The molecule has 3 nitrogen and oxygen atoms in total. The Bertz CT molecular complexity index is 446. The predicted octanol–water partition coefficient (Wildman–Crippen LogP) is 3.76. The third-order valence-corrected chi connectivity index (χ3v) is 4.12. The van der Waals surface area contributed by atoms with Crippen LogP contribution < -0.4 is 5.32 Å². The van der Waals surface area contributed by atoms with E-state index in [0.717, 1.165) is 16.6 Å². The van der Waals surface area contributed by atoms with Crippen molar-refractivity contribution in [3.8, 4) is 0 Å². The van der Waals surface area contributed by atoms with E-state index in [0.29, 0.717) is 18.6 Å². The molecule has 0 saturated carbocycles. The number of thioether (sulfide) groups is 1. The van der Waals surface area contributed by atoms with Gasteiger partial charge in [0.05, 0.1) is 12.6 Å². The molecule has 0 aromatic heterocycles. The average Bonchev–Trinajstić information content (AvgIpc) is 2.40. The predicted molar refractivity (Wildman–Crippen MR) is 83.9 cm³/mol. The Morgan fingerprint density at radius 1 is 1.47 bits per heavy atom. The number of nitrogens with one attached hydrogen (secondary N) is 1. The van der Waals surface area contributed by atoms with Crippen LogP contribution in [0.2, 0.25) is 0 Å². The van der Waals surface area contributed by atoms with Crippen LogP contribution in [0.15, 0.2) is 29.3 Å². The largest absolute Gasteiger partial charge is 0.380 e. The van der Waals surface area contributed by atoms with Gasteiger partial charge in [-0.1, -0.05) is 37.7 Å².